The topological polar surface area (TPSA) is 179 Å². The van der Waals surface area contributed by atoms with Crippen LogP contribution in [-0.4, -0.2) is 103 Å². The van der Waals surface area contributed by atoms with Gasteiger partial charge in [-0.3, -0.25) is 23.4 Å². The second kappa shape index (κ2) is 30.7. The van der Waals surface area contributed by atoms with Crippen molar-refractivity contribution in [2.24, 2.45) is 11.8 Å². The van der Waals surface area contributed by atoms with Crippen LogP contribution in [0.15, 0.2) is 16.6 Å². The van der Waals surface area contributed by atoms with Gasteiger partial charge in [0.15, 0.2) is 6.10 Å². The number of nitrogens with zero attached hydrogens (tertiary/aromatic N) is 1. The Kier molecular flexibility index (Phi) is 27.6. The van der Waals surface area contributed by atoms with Gasteiger partial charge in [-0.15, -0.1) is 0 Å². The first-order valence-corrected chi connectivity index (χ1v) is 25.4. The number of likely N-dealkylation sites (N-methyl/N-ethyl adjacent to an activating group) is 1. The number of aliphatic hydroxyl groups is 2. The van der Waals surface area contributed by atoms with Crippen LogP contribution in [0, 0.1) is 25.7 Å². The van der Waals surface area contributed by atoms with E-state index in [0.717, 1.165) is 95.0 Å². The van der Waals surface area contributed by atoms with Crippen molar-refractivity contribution in [2.45, 2.75) is 194 Å². The summed E-state index contributed by atoms with van der Waals surface area (Å²) < 4.78 is 40.5. The van der Waals surface area contributed by atoms with Crippen LogP contribution in [0.3, 0.4) is 0 Å². The second-order valence-corrected chi connectivity index (χ2v) is 20.0. The van der Waals surface area contributed by atoms with Gasteiger partial charge < -0.3 is 33.5 Å². The van der Waals surface area contributed by atoms with Gasteiger partial charge in [0, 0.05) is 43.9 Å². The van der Waals surface area contributed by atoms with Crippen molar-refractivity contribution in [2.75, 3.05) is 47.5 Å². The molecule has 1 saturated carbocycles. The van der Waals surface area contributed by atoms with Crippen LogP contribution >= 0.6 is 7.82 Å². The maximum atomic E-state index is 12.9. The number of carbonyl (C=O) groups excluding carboxylic acids is 3. The van der Waals surface area contributed by atoms with E-state index < -0.39 is 44.7 Å². The molecule has 3 N–H and O–H groups in total. The first-order chi connectivity index (χ1) is 29.5. The molecule has 6 atom stereocenters. The van der Waals surface area contributed by atoms with E-state index in [2.05, 4.69) is 27.7 Å². The highest BCUT2D eigenvalue weighted by Crippen LogP contribution is 2.43. The standard InChI is InChI=1S/C48H84NO12P/c1-8-10-19-25-39(50)30-31-42-41(43(51)34-44(42)52)26-20-17-18-23-29-48(54)60-40(36-59-62(55,56)58-33-32-49(5,6)7)35-57-47(53)28-22-16-14-12-11-13-15-21-27-46-38(4)37(3)45(61-46)24-9-2/h30-31,39-42,44,50,52H,8-29,32-36H2,1-7H3/p+1/b31-30+/t39-,40+,41+,42+,44+/m0/s1. The summed E-state index contributed by atoms with van der Waals surface area (Å²) in [6, 6.07) is 0. The van der Waals surface area contributed by atoms with Gasteiger partial charge in [0.2, 0.25) is 0 Å². The van der Waals surface area contributed by atoms with Crippen LogP contribution in [0.5, 0.6) is 0 Å². The molecule has 0 saturated heterocycles. The minimum absolute atomic E-state index is 0.0169. The predicted molar refractivity (Wildman–Crippen MR) is 243 cm³/mol. The number of aliphatic hydroxyl groups excluding tert-OH is 2. The van der Waals surface area contributed by atoms with Crippen molar-refractivity contribution in [1.29, 1.82) is 0 Å². The average Bonchev–Trinajstić information content (AvgIpc) is 3.63. The molecule has 1 unspecified atom stereocenters. The zero-order valence-corrected chi connectivity index (χ0v) is 40.4. The number of Topliss-reactive ketones (excluding diaryl/α,β-unsaturated/α-hetero) is 1. The molecule has 1 aromatic heterocycles. The summed E-state index contributed by atoms with van der Waals surface area (Å²) in [5.74, 6) is 0.744. The number of carbonyl (C=O) groups is 3. The fourth-order valence-corrected chi connectivity index (χ4v) is 8.58. The van der Waals surface area contributed by atoms with E-state index in [9.17, 15) is 34.1 Å². The van der Waals surface area contributed by atoms with E-state index in [1.807, 2.05) is 27.2 Å². The second-order valence-electron chi connectivity index (χ2n) is 18.5. The molecule has 1 aliphatic rings. The molecule has 2 rings (SSSR count). The van der Waals surface area contributed by atoms with E-state index in [1.165, 1.54) is 24.0 Å². The molecule has 0 aliphatic heterocycles. The molecular formula is C48H85NO12P+. The molecule has 14 heteroatoms. The smallest absolute Gasteiger partial charge is 0.466 e. The van der Waals surface area contributed by atoms with Crippen molar-refractivity contribution in [1.82, 2.24) is 0 Å². The zero-order chi connectivity index (χ0) is 46.0. The highest BCUT2D eigenvalue weighted by molar-refractivity contribution is 7.47. The number of rotatable bonds is 36. The van der Waals surface area contributed by atoms with Crippen LogP contribution in [0.1, 0.15) is 171 Å². The van der Waals surface area contributed by atoms with E-state index >= 15 is 0 Å². The Morgan fingerprint density at radius 2 is 1.40 bits per heavy atom. The normalized spacial score (nSPS) is 18.9. The van der Waals surface area contributed by atoms with Crippen LogP contribution in [0.4, 0.5) is 0 Å². The third-order valence-corrected chi connectivity index (χ3v) is 12.8. The Morgan fingerprint density at radius 1 is 0.806 bits per heavy atom. The van der Waals surface area contributed by atoms with Crippen molar-refractivity contribution in [3.05, 3.63) is 34.8 Å². The van der Waals surface area contributed by atoms with E-state index in [1.54, 1.807) is 6.08 Å². The average molecular weight is 899 g/mol. The number of phosphoric acid groups is 1. The number of phosphoric ester groups is 1. The Bertz CT molecular complexity index is 1500. The van der Waals surface area contributed by atoms with Crippen LogP contribution < -0.4 is 0 Å². The van der Waals surface area contributed by atoms with Gasteiger partial charge in [0.05, 0.1) is 40.0 Å². The van der Waals surface area contributed by atoms with Gasteiger partial charge in [-0.25, -0.2) is 4.57 Å². The number of hydrogen-bond acceptors (Lipinski definition) is 11. The highest BCUT2D eigenvalue weighted by atomic mass is 31.2. The van der Waals surface area contributed by atoms with Crippen molar-refractivity contribution in [3.8, 4) is 0 Å². The Balaban J connectivity index is 1.72. The monoisotopic (exact) mass is 899 g/mol. The lowest BCUT2D eigenvalue weighted by molar-refractivity contribution is -0.870. The number of furan rings is 1. The molecule has 1 fully saturated rings. The number of aryl methyl sites for hydroxylation is 2. The number of esters is 2. The lowest BCUT2D eigenvalue weighted by atomic mass is 9.88. The van der Waals surface area contributed by atoms with Gasteiger partial charge in [-0.1, -0.05) is 103 Å². The number of ketones is 1. The van der Waals surface area contributed by atoms with Gasteiger partial charge in [-0.05, 0) is 63.5 Å². The maximum Gasteiger partial charge on any atom is 0.472 e. The third kappa shape index (κ3) is 24.1. The van der Waals surface area contributed by atoms with E-state index in [-0.39, 0.29) is 50.1 Å². The highest BCUT2D eigenvalue weighted by Gasteiger charge is 2.39. The summed E-state index contributed by atoms with van der Waals surface area (Å²) in [4.78, 5) is 48.4. The zero-order valence-electron chi connectivity index (χ0n) is 39.5. The molecule has 0 spiro atoms. The van der Waals surface area contributed by atoms with Gasteiger partial charge in [-0.2, -0.15) is 0 Å². The van der Waals surface area contributed by atoms with Gasteiger partial charge >= 0.3 is 19.8 Å². The largest absolute Gasteiger partial charge is 0.472 e. The van der Waals surface area contributed by atoms with Gasteiger partial charge in [0.1, 0.15) is 37.1 Å². The van der Waals surface area contributed by atoms with E-state index in [0.29, 0.717) is 43.1 Å². The maximum absolute atomic E-state index is 12.9. The van der Waals surface area contributed by atoms with Crippen LogP contribution in [0.25, 0.3) is 0 Å². The molecule has 358 valence electrons. The number of hydrogen-bond donors (Lipinski definition) is 3. The van der Waals surface area contributed by atoms with Crippen LogP contribution in [0.2, 0.25) is 0 Å². The number of unbranched alkanes of at least 4 members (excludes halogenated alkanes) is 12. The first kappa shape index (κ1) is 55.8. The summed E-state index contributed by atoms with van der Waals surface area (Å²) in [5.41, 5.74) is 2.60. The Hall–Kier alpha value is -2.38. The van der Waals surface area contributed by atoms with E-state index in [4.69, 9.17) is 22.9 Å². The summed E-state index contributed by atoms with van der Waals surface area (Å²) in [6.45, 7) is 8.26. The summed E-state index contributed by atoms with van der Waals surface area (Å²) in [5, 5.41) is 20.8. The molecule has 0 aromatic carbocycles. The summed E-state index contributed by atoms with van der Waals surface area (Å²) in [7, 11) is 1.31. The molecule has 0 bridgehead atoms. The molecular weight excluding hydrogens is 813 g/mol. The van der Waals surface area contributed by atoms with Crippen molar-refractivity contribution < 1.29 is 61.5 Å². The summed E-state index contributed by atoms with van der Waals surface area (Å²) >= 11 is 0. The molecule has 0 radical (unpaired) electrons. The predicted octanol–water partition coefficient (Wildman–Crippen LogP) is 9.60. The Morgan fingerprint density at radius 3 is 2.03 bits per heavy atom. The quantitative estimate of drug-likeness (QED) is 0.0191. The Labute approximate surface area is 373 Å². The third-order valence-electron chi connectivity index (χ3n) is 11.9. The minimum Gasteiger partial charge on any atom is -0.466 e. The molecule has 1 heterocycles. The summed E-state index contributed by atoms with van der Waals surface area (Å²) in [6.07, 6.45) is 20.1. The van der Waals surface area contributed by atoms with Crippen LogP contribution in [-0.2, 0) is 50.3 Å². The number of quaternary nitrogens is 1. The molecule has 62 heavy (non-hydrogen) atoms. The molecule has 13 nitrogen and oxygen atoms in total. The van der Waals surface area contributed by atoms with Crippen molar-refractivity contribution in [3.63, 3.8) is 0 Å². The fourth-order valence-electron chi connectivity index (χ4n) is 7.84. The lowest BCUT2D eigenvalue weighted by Gasteiger charge is -2.24. The van der Waals surface area contributed by atoms with Crippen molar-refractivity contribution >= 4 is 25.5 Å². The van der Waals surface area contributed by atoms with Gasteiger partial charge in [0.25, 0.3) is 0 Å². The fraction of sp³-hybridized carbons (Fsp3) is 0.812. The number of ether oxygens (including phenoxy) is 2. The SMILES string of the molecule is CCCCC[C@H](O)/C=C/[C@H]1[C@H](O)CC(=O)[C@@H]1CCCCCCC(=O)O[C@H](COC(=O)CCCCCCCCCCc1oc(CCC)c(C)c1C)COP(=O)(O)OCC[N+](C)(C)C. The molecule has 0 amide bonds. The first-order valence-electron chi connectivity index (χ1n) is 23.9. The molecule has 1 aromatic rings. The lowest BCUT2D eigenvalue weighted by Crippen LogP contribution is -2.37. The molecule has 1 aliphatic carbocycles. The minimum atomic E-state index is -4.45.